The molecule has 0 aliphatic heterocycles. The smallest absolute Gasteiger partial charge is 0.268 e. The number of halogens is 4. The molecule has 2 rings (SSSR count). The van der Waals surface area contributed by atoms with Crippen molar-refractivity contribution in [2.45, 2.75) is 5.33 Å². The predicted octanol–water partition coefficient (Wildman–Crippen LogP) is 7.08. The minimum atomic E-state index is -2.20. The largest absolute Gasteiger partial charge is 0.287 e. The van der Waals surface area contributed by atoms with E-state index in [0.29, 0.717) is 0 Å². The zero-order valence-corrected chi connectivity index (χ0v) is 15.9. The van der Waals surface area contributed by atoms with E-state index in [9.17, 15) is 4.57 Å². The first-order valence-corrected chi connectivity index (χ1v) is 13.9. The lowest BCUT2D eigenvalue weighted by Crippen LogP contribution is -1.73. The number of hydrogen-bond donors (Lipinski definition) is 0. The number of benzene rings is 1. The zero-order chi connectivity index (χ0) is 12.2. The third-order valence-electron chi connectivity index (χ3n) is 1.67. The molecule has 0 spiro atoms. The van der Waals surface area contributed by atoms with Gasteiger partial charge < -0.3 is 0 Å². The van der Waals surface area contributed by atoms with Gasteiger partial charge in [-0.15, -0.1) is 11.3 Å². The molecule has 0 aliphatic carbocycles. The summed E-state index contributed by atoms with van der Waals surface area (Å²) in [7, 11) is 0. The second-order valence-corrected chi connectivity index (χ2v) is 22.7. The van der Waals surface area contributed by atoms with Crippen LogP contribution in [0.25, 0.3) is 10.1 Å². The van der Waals surface area contributed by atoms with Crippen molar-refractivity contribution in [1.29, 1.82) is 0 Å². The fourth-order valence-electron chi connectivity index (χ4n) is 1.08. The molecule has 88 valence electrons. The molecule has 0 amide bonds. The van der Waals surface area contributed by atoms with Gasteiger partial charge in [-0.1, -0.05) is 28.1 Å². The number of alkyl halides is 1. The quantitative estimate of drug-likeness (QED) is 0.294. The molecular formula is C9H7Br4OPS. The predicted molar refractivity (Wildman–Crippen MR) is 88.8 cm³/mol. The van der Waals surface area contributed by atoms with Crippen molar-refractivity contribution in [3.63, 3.8) is 0 Å². The third kappa shape index (κ3) is 6.31. The molecule has 1 nitrogen and oxygen atoms in total. The van der Waals surface area contributed by atoms with Crippen LogP contribution in [-0.2, 0) is 9.90 Å². The average Bonchev–Trinajstić information content (AvgIpc) is 2.61. The van der Waals surface area contributed by atoms with Crippen LogP contribution in [0.3, 0.4) is 0 Å². The first-order chi connectivity index (χ1) is 7.40. The van der Waals surface area contributed by atoms with Crippen LogP contribution in [0, 0.1) is 0 Å². The first kappa shape index (κ1) is 15.4. The van der Waals surface area contributed by atoms with E-state index in [2.05, 4.69) is 92.0 Å². The highest BCUT2D eigenvalue weighted by Gasteiger charge is 2.00. The number of rotatable bonds is 1. The monoisotopic (exact) mass is 510 g/mol. The van der Waals surface area contributed by atoms with Crippen molar-refractivity contribution in [2.75, 3.05) is 0 Å². The standard InChI is InChI=1S/C9H7BrS.Br3OP/c10-6-7-1-2-8-3-4-11-9(8)5-7;1-5(2,3)4/h1-5H,6H2;. The summed E-state index contributed by atoms with van der Waals surface area (Å²) in [6.07, 6.45) is 0. The van der Waals surface area contributed by atoms with Crippen LogP contribution in [0.4, 0.5) is 0 Å². The van der Waals surface area contributed by atoms with Gasteiger partial charge in [-0.2, -0.15) is 0 Å². The molecule has 1 aromatic carbocycles. The lowest BCUT2D eigenvalue weighted by atomic mass is 10.2. The molecule has 1 aromatic heterocycles. The van der Waals surface area contributed by atoms with E-state index in [1.54, 1.807) is 11.3 Å². The molecule has 1 heterocycles. The maximum atomic E-state index is 9.97. The SMILES string of the molecule is BrCc1ccc2ccsc2c1.O=P(Br)(Br)Br. The molecule has 0 atom stereocenters. The Morgan fingerprint density at radius 3 is 2.38 bits per heavy atom. The van der Waals surface area contributed by atoms with Gasteiger partial charge >= 0.3 is 0 Å². The Balaban J connectivity index is 0.000000221. The van der Waals surface area contributed by atoms with Crippen LogP contribution >= 0.6 is 77.0 Å². The summed E-state index contributed by atoms with van der Waals surface area (Å²) in [5, 5.41) is 4.42. The molecule has 0 N–H and O–H groups in total. The molecule has 0 saturated heterocycles. The normalized spacial score (nSPS) is 11.0. The third-order valence-corrected chi connectivity index (χ3v) is 3.20. The summed E-state index contributed by atoms with van der Waals surface area (Å²) >= 11 is 13.5. The van der Waals surface area contributed by atoms with Gasteiger partial charge in [0, 0.05) is 56.5 Å². The van der Waals surface area contributed by atoms with E-state index in [1.807, 2.05) is 0 Å². The van der Waals surface area contributed by atoms with Gasteiger partial charge in [0.1, 0.15) is 0 Å². The Morgan fingerprint density at radius 1 is 1.19 bits per heavy atom. The number of thiophene rings is 1. The summed E-state index contributed by atoms with van der Waals surface area (Å²) < 4.78 is 9.14. The van der Waals surface area contributed by atoms with Gasteiger partial charge in [-0.25, -0.2) is 0 Å². The molecule has 0 fully saturated rings. The van der Waals surface area contributed by atoms with E-state index in [0.717, 1.165) is 5.33 Å². The van der Waals surface area contributed by atoms with Crippen molar-refractivity contribution in [1.82, 2.24) is 0 Å². The van der Waals surface area contributed by atoms with Gasteiger partial charge in [0.15, 0.2) is 0 Å². The Hall–Kier alpha value is 1.33. The summed E-state index contributed by atoms with van der Waals surface area (Å²) in [5.41, 5.74) is 1.35. The number of hydrogen-bond acceptors (Lipinski definition) is 2. The molecule has 0 radical (unpaired) electrons. The first-order valence-electron chi connectivity index (χ1n) is 4.11. The zero-order valence-electron chi connectivity index (χ0n) is 7.87. The van der Waals surface area contributed by atoms with Crippen molar-refractivity contribution in [2.24, 2.45) is 0 Å². The van der Waals surface area contributed by atoms with Gasteiger partial charge in [0.05, 0.1) is 0 Å². The minimum Gasteiger partial charge on any atom is -0.287 e. The molecule has 0 aliphatic rings. The minimum absolute atomic E-state index is 0.945. The molecule has 7 heteroatoms. The van der Waals surface area contributed by atoms with Crippen LogP contribution in [0.1, 0.15) is 5.56 Å². The second-order valence-electron chi connectivity index (χ2n) is 2.83. The van der Waals surface area contributed by atoms with Crippen molar-refractivity contribution in [3.05, 3.63) is 35.2 Å². The molecule has 0 unspecified atom stereocenters. The molecule has 0 bridgehead atoms. The summed E-state index contributed by atoms with van der Waals surface area (Å²) in [4.78, 5) is 0. The van der Waals surface area contributed by atoms with Gasteiger partial charge in [0.25, 0.3) is 3.25 Å². The van der Waals surface area contributed by atoms with E-state index in [1.165, 1.54) is 15.6 Å². The highest BCUT2D eigenvalue weighted by molar-refractivity contribution is 9.94. The average molecular weight is 514 g/mol. The van der Waals surface area contributed by atoms with Crippen LogP contribution in [-0.4, -0.2) is 0 Å². The van der Waals surface area contributed by atoms with Crippen molar-refractivity contribution >= 4 is 87.1 Å². The topological polar surface area (TPSA) is 17.1 Å². The Kier molecular flexibility index (Phi) is 6.78. The molecule has 16 heavy (non-hydrogen) atoms. The van der Waals surface area contributed by atoms with Crippen LogP contribution in [0.2, 0.25) is 0 Å². The summed E-state index contributed by atoms with van der Waals surface area (Å²) in [6.45, 7) is 0. The number of fused-ring (bicyclic) bond motifs is 1. The van der Waals surface area contributed by atoms with Gasteiger partial charge in [-0.3, -0.25) is 4.57 Å². The van der Waals surface area contributed by atoms with Crippen molar-refractivity contribution < 1.29 is 4.57 Å². The maximum absolute atomic E-state index is 9.97. The molecule has 2 aromatic rings. The Labute approximate surface area is 131 Å². The van der Waals surface area contributed by atoms with Crippen LogP contribution < -0.4 is 0 Å². The summed E-state index contributed by atoms with van der Waals surface area (Å²) in [5.74, 6) is 0. The highest BCUT2D eigenvalue weighted by atomic mass is 80.0. The fraction of sp³-hybridized carbons (Fsp3) is 0.111. The van der Waals surface area contributed by atoms with E-state index in [-0.39, 0.29) is 0 Å². The second kappa shape index (κ2) is 7.05. The van der Waals surface area contributed by atoms with Crippen molar-refractivity contribution in [3.8, 4) is 0 Å². The molecular weight excluding hydrogens is 507 g/mol. The lowest BCUT2D eigenvalue weighted by molar-refractivity contribution is 0.603. The van der Waals surface area contributed by atoms with Crippen LogP contribution in [0.5, 0.6) is 0 Å². The lowest BCUT2D eigenvalue weighted by Gasteiger charge is -1.93. The van der Waals surface area contributed by atoms with Gasteiger partial charge in [0.2, 0.25) is 0 Å². The van der Waals surface area contributed by atoms with E-state index >= 15 is 0 Å². The summed E-state index contributed by atoms with van der Waals surface area (Å²) in [6, 6.07) is 8.71. The van der Waals surface area contributed by atoms with Gasteiger partial charge in [-0.05, 0) is 28.5 Å². The maximum Gasteiger partial charge on any atom is 0.268 e. The molecule has 0 saturated carbocycles. The van der Waals surface area contributed by atoms with Crippen LogP contribution in [0.15, 0.2) is 29.6 Å². The van der Waals surface area contributed by atoms with E-state index in [4.69, 9.17) is 0 Å². The Morgan fingerprint density at radius 2 is 1.81 bits per heavy atom. The van der Waals surface area contributed by atoms with E-state index < -0.39 is 3.25 Å². The Bertz CT molecular complexity index is 499. The fourth-order valence-corrected chi connectivity index (χ4v) is 2.28. The highest BCUT2D eigenvalue weighted by Crippen LogP contribution is 2.68.